The van der Waals surface area contributed by atoms with E-state index in [0.717, 1.165) is 12.8 Å². The summed E-state index contributed by atoms with van der Waals surface area (Å²) in [5, 5.41) is -0.384. The summed E-state index contributed by atoms with van der Waals surface area (Å²) in [4.78, 5) is 0. The van der Waals surface area contributed by atoms with E-state index in [4.69, 9.17) is 5.73 Å². The zero-order valence-electron chi connectivity index (χ0n) is 10.3. The molecule has 0 aliphatic heterocycles. The van der Waals surface area contributed by atoms with E-state index < -0.39 is 10.0 Å². The number of hydrogen-bond acceptors (Lipinski definition) is 3. The SMILES string of the molecule is CC(C)S(=O)(=O)NC(CN)C1CCCCC1. The van der Waals surface area contributed by atoms with Crippen LogP contribution in [0.2, 0.25) is 0 Å². The van der Waals surface area contributed by atoms with Crippen LogP contribution >= 0.6 is 0 Å². The highest BCUT2D eigenvalue weighted by molar-refractivity contribution is 7.90. The maximum atomic E-state index is 11.8. The van der Waals surface area contributed by atoms with Crippen molar-refractivity contribution in [3.05, 3.63) is 0 Å². The van der Waals surface area contributed by atoms with Crippen molar-refractivity contribution < 1.29 is 8.42 Å². The van der Waals surface area contributed by atoms with Gasteiger partial charge in [0.05, 0.1) is 5.25 Å². The van der Waals surface area contributed by atoms with Crippen molar-refractivity contribution in [1.29, 1.82) is 0 Å². The largest absolute Gasteiger partial charge is 0.329 e. The van der Waals surface area contributed by atoms with Crippen LogP contribution in [-0.4, -0.2) is 26.3 Å². The van der Waals surface area contributed by atoms with Gasteiger partial charge in [-0.15, -0.1) is 0 Å². The van der Waals surface area contributed by atoms with E-state index in [1.54, 1.807) is 13.8 Å². The fraction of sp³-hybridized carbons (Fsp3) is 1.00. The van der Waals surface area contributed by atoms with Crippen molar-refractivity contribution >= 4 is 10.0 Å². The fourth-order valence-electron chi connectivity index (χ4n) is 2.22. The first-order valence-corrected chi connectivity index (χ1v) is 7.73. The summed E-state index contributed by atoms with van der Waals surface area (Å²) >= 11 is 0. The topological polar surface area (TPSA) is 72.2 Å². The zero-order valence-corrected chi connectivity index (χ0v) is 11.1. The molecule has 1 fully saturated rings. The lowest BCUT2D eigenvalue weighted by molar-refractivity contribution is 0.293. The normalized spacial score (nSPS) is 21.2. The van der Waals surface area contributed by atoms with E-state index in [9.17, 15) is 8.42 Å². The lowest BCUT2D eigenvalue weighted by atomic mass is 9.84. The Morgan fingerprint density at radius 1 is 1.25 bits per heavy atom. The van der Waals surface area contributed by atoms with Gasteiger partial charge < -0.3 is 5.73 Å². The minimum atomic E-state index is -3.19. The van der Waals surface area contributed by atoms with Crippen LogP contribution in [0.5, 0.6) is 0 Å². The van der Waals surface area contributed by atoms with Gasteiger partial charge in [0, 0.05) is 12.6 Å². The smallest absolute Gasteiger partial charge is 0.214 e. The van der Waals surface area contributed by atoms with Gasteiger partial charge in [-0.25, -0.2) is 13.1 Å². The summed E-state index contributed by atoms with van der Waals surface area (Å²) in [7, 11) is -3.19. The quantitative estimate of drug-likeness (QED) is 0.768. The molecule has 0 amide bonds. The average molecular weight is 248 g/mol. The van der Waals surface area contributed by atoms with E-state index in [1.807, 2.05) is 0 Å². The molecule has 0 aromatic carbocycles. The van der Waals surface area contributed by atoms with Crippen LogP contribution in [0.1, 0.15) is 46.0 Å². The Bertz CT molecular complexity index is 295. The summed E-state index contributed by atoms with van der Waals surface area (Å²) in [5.74, 6) is 0.423. The van der Waals surface area contributed by atoms with Gasteiger partial charge in [0.25, 0.3) is 0 Å². The maximum Gasteiger partial charge on any atom is 0.214 e. The lowest BCUT2D eigenvalue weighted by Crippen LogP contribution is -2.47. The molecule has 0 radical (unpaired) electrons. The lowest BCUT2D eigenvalue weighted by Gasteiger charge is -2.30. The third kappa shape index (κ3) is 3.71. The molecule has 0 spiro atoms. The highest BCUT2D eigenvalue weighted by atomic mass is 32.2. The molecule has 5 heteroatoms. The van der Waals surface area contributed by atoms with Gasteiger partial charge in [-0.1, -0.05) is 19.3 Å². The van der Waals surface area contributed by atoms with Crippen molar-refractivity contribution in [2.75, 3.05) is 6.54 Å². The van der Waals surface area contributed by atoms with E-state index >= 15 is 0 Å². The Kier molecular flexibility index (Phi) is 5.21. The van der Waals surface area contributed by atoms with Crippen LogP contribution in [0.3, 0.4) is 0 Å². The standard InChI is InChI=1S/C11H24N2O2S/c1-9(2)16(14,15)13-11(8-12)10-6-4-3-5-7-10/h9-11,13H,3-8,12H2,1-2H3. The summed E-state index contributed by atoms with van der Waals surface area (Å²) < 4.78 is 26.3. The maximum absolute atomic E-state index is 11.8. The Balaban J connectivity index is 2.60. The van der Waals surface area contributed by atoms with E-state index in [2.05, 4.69) is 4.72 Å². The predicted octanol–water partition coefficient (Wildman–Crippen LogP) is 1.22. The molecule has 1 atom stereocenters. The summed E-state index contributed by atoms with van der Waals surface area (Å²) in [5.41, 5.74) is 5.68. The molecule has 0 aromatic heterocycles. The number of nitrogens with two attached hydrogens (primary N) is 1. The van der Waals surface area contributed by atoms with Crippen LogP contribution in [-0.2, 0) is 10.0 Å². The Labute approximate surface area is 99.0 Å². The second-order valence-corrected chi connectivity index (χ2v) is 7.22. The molecule has 0 aromatic rings. The number of sulfonamides is 1. The molecule has 1 saturated carbocycles. The predicted molar refractivity (Wildman–Crippen MR) is 66.6 cm³/mol. The Morgan fingerprint density at radius 3 is 2.25 bits per heavy atom. The van der Waals surface area contributed by atoms with Crippen molar-refractivity contribution in [3.63, 3.8) is 0 Å². The minimum Gasteiger partial charge on any atom is -0.329 e. The minimum absolute atomic E-state index is 0.0762. The third-order valence-corrected chi connectivity index (χ3v) is 5.28. The van der Waals surface area contributed by atoms with Gasteiger partial charge in [-0.05, 0) is 32.6 Å². The molecule has 1 aliphatic carbocycles. The molecular weight excluding hydrogens is 224 g/mol. The van der Waals surface area contributed by atoms with Gasteiger partial charge in [0.15, 0.2) is 0 Å². The number of rotatable bonds is 5. The third-order valence-electron chi connectivity index (χ3n) is 3.41. The average Bonchev–Trinajstić information content (AvgIpc) is 2.27. The first-order valence-electron chi connectivity index (χ1n) is 6.18. The van der Waals surface area contributed by atoms with Crippen molar-refractivity contribution in [2.24, 2.45) is 11.7 Å². The fourth-order valence-corrected chi connectivity index (χ4v) is 3.20. The number of nitrogens with one attached hydrogen (secondary N) is 1. The van der Waals surface area contributed by atoms with E-state index in [1.165, 1.54) is 19.3 Å². The Hall–Kier alpha value is -0.130. The van der Waals surface area contributed by atoms with Gasteiger partial charge in [-0.3, -0.25) is 0 Å². The molecule has 0 saturated heterocycles. The van der Waals surface area contributed by atoms with Crippen LogP contribution in [0.4, 0.5) is 0 Å². The van der Waals surface area contributed by atoms with Crippen LogP contribution in [0, 0.1) is 5.92 Å². The molecule has 3 N–H and O–H groups in total. The summed E-state index contributed by atoms with van der Waals surface area (Å²) in [6, 6.07) is -0.0762. The molecule has 1 aliphatic rings. The highest BCUT2D eigenvalue weighted by Crippen LogP contribution is 2.26. The van der Waals surface area contributed by atoms with Crippen LogP contribution in [0.15, 0.2) is 0 Å². The molecule has 0 bridgehead atoms. The molecule has 0 heterocycles. The molecule has 96 valence electrons. The zero-order chi connectivity index (χ0) is 12.2. The van der Waals surface area contributed by atoms with Gasteiger partial charge >= 0.3 is 0 Å². The van der Waals surface area contributed by atoms with Crippen molar-refractivity contribution in [3.8, 4) is 0 Å². The molecule has 4 nitrogen and oxygen atoms in total. The summed E-state index contributed by atoms with van der Waals surface area (Å²) in [6.07, 6.45) is 5.87. The molecule has 1 rings (SSSR count). The highest BCUT2D eigenvalue weighted by Gasteiger charge is 2.27. The first kappa shape index (κ1) is 13.9. The van der Waals surface area contributed by atoms with E-state index in [-0.39, 0.29) is 11.3 Å². The first-order chi connectivity index (χ1) is 7.47. The second-order valence-electron chi connectivity index (χ2n) is 4.95. The second kappa shape index (κ2) is 5.98. The molecule has 1 unspecified atom stereocenters. The van der Waals surface area contributed by atoms with Crippen LogP contribution in [0.25, 0.3) is 0 Å². The summed E-state index contributed by atoms with van der Waals surface area (Å²) in [6.45, 7) is 3.78. The Morgan fingerprint density at radius 2 is 1.81 bits per heavy atom. The monoisotopic (exact) mass is 248 g/mol. The number of hydrogen-bond donors (Lipinski definition) is 2. The van der Waals surface area contributed by atoms with Crippen molar-refractivity contribution in [1.82, 2.24) is 4.72 Å². The van der Waals surface area contributed by atoms with Crippen molar-refractivity contribution in [2.45, 2.75) is 57.2 Å². The van der Waals surface area contributed by atoms with E-state index in [0.29, 0.717) is 12.5 Å². The van der Waals surface area contributed by atoms with Gasteiger partial charge in [0.1, 0.15) is 0 Å². The van der Waals surface area contributed by atoms with Gasteiger partial charge in [0.2, 0.25) is 10.0 Å². The molecular formula is C11H24N2O2S. The molecule has 16 heavy (non-hydrogen) atoms. The van der Waals surface area contributed by atoms with Gasteiger partial charge in [-0.2, -0.15) is 0 Å². The van der Waals surface area contributed by atoms with Crippen LogP contribution < -0.4 is 10.5 Å².